The summed E-state index contributed by atoms with van der Waals surface area (Å²) in [5.41, 5.74) is 2.53. The van der Waals surface area contributed by atoms with Crippen molar-refractivity contribution in [2.45, 2.75) is 12.8 Å². The summed E-state index contributed by atoms with van der Waals surface area (Å²) in [6.45, 7) is 0.147. The number of ether oxygens (including phenoxy) is 3. The van der Waals surface area contributed by atoms with Crippen molar-refractivity contribution in [3.8, 4) is 17.2 Å². The zero-order valence-corrected chi connectivity index (χ0v) is 15.4. The van der Waals surface area contributed by atoms with E-state index in [1.165, 1.54) is 11.3 Å². The van der Waals surface area contributed by atoms with Crippen LogP contribution in [0.25, 0.3) is 21.9 Å². The van der Waals surface area contributed by atoms with Gasteiger partial charge in [0.05, 0.1) is 17.3 Å². The summed E-state index contributed by atoms with van der Waals surface area (Å²) in [6, 6.07) is 11.5. The Morgan fingerprint density at radius 2 is 2.15 bits per heavy atom. The lowest BCUT2D eigenvalue weighted by molar-refractivity contribution is -0.305. The third-order valence-electron chi connectivity index (χ3n) is 4.19. The molecule has 0 aliphatic carbocycles. The van der Waals surface area contributed by atoms with E-state index in [-0.39, 0.29) is 13.2 Å². The second kappa shape index (κ2) is 7.28. The molecule has 0 amide bonds. The average Bonchev–Trinajstić information content (AvgIpc) is 3.30. The van der Waals surface area contributed by atoms with Crippen molar-refractivity contribution in [1.29, 1.82) is 0 Å². The van der Waals surface area contributed by atoms with Crippen LogP contribution in [0.15, 0.2) is 36.4 Å². The first kappa shape index (κ1) is 17.4. The lowest BCUT2D eigenvalue weighted by Crippen LogP contribution is -2.21. The van der Waals surface area contributed by atoms with Gasteiger partial charge in [-0.15, -0.1) is 11.3 Å². The van der Waals surface area contributed by atoms with Crippen molar-refractivity contribution in [3.63, 3.8) is 0 Å². The monoisotopic (exact) mass is 382 g/mol. The van der Waals surface area contributed by atoms with Crippen LogP contribution in [0.2, 0.25) is 0 Å². The standard InChI is InChI=1S/C20H17NO5S/c1-24-15-9-12(10-16-19(15)26-11-25-16)8-13(6-7-18(22)23)20-21-14-4-2-3-5-17(14)27-20/h2-5,8-10H,6-7,11H2,1H3,(H,22,23)/p-1/b13-8+. The number of allylic oxidation sites excluding steroid dienone is 1. The Hall–Kier alpha value is -3.06. The van der Waals surface area contributed by atoms with Gasteiger partial charge >= 0.3 is 0 Å². The number of thiazole rings is 1. The highest BCUT2D eigenvalue weighted by molar-refractivity contribution is 7.19. The summed E-state index contributed by atoms with van der Waals surface area (Å²) in [6.07, 6.45) is 2.15. The summed E-state index contributed by atoms with van der Waals surface area (Å²) in [5.74, 6) is 0.653. The van der Waals surface area contributed by atoms with Gasteiger partial charge < -0.3 is 24.1 Å². The number of rotatable bonds is 6. The Kier molecular flexibility index (Phi) is 4.68. The molecule has 0 spiro atoms. The Morgan fingerprint density at radius 3 is 2.93 bits per heavy atom. The average molecular weight is 382 g/mol. The Balaban J connectivity index is 1.77. The Labute approximate surface area is 159 Å². The number of nitrogens with zero attached hydrogens (tertiary/aromatic N) is 1. The molecule has 1 aliphatic heterocycles. The number of aromatic nitrogens is 1. The molecule has 0 N–H and O–H groups in total. The van der Waals surface area contributed by atoms with Crippen LogP contribution < -0.4 is 19.3 Å². The number of carbonyl (C=O) groups is 1. The number of para-hydroxylation sites is 1. The van der Waals surface area contributed by atoms with E-state index in [1.54, 1.807) is 7.11 Å². The quantitative estimate of drug-likeness (QED) is 0.652. The number of carbonyl (C=O) groups excluding carboxylic acids is 1. The van der Waals surface area contributed by atoms with Gasteiger partial charge in [-0.05, 0) is 54.3 Å². The topological polar surface area (TPSA) is 80.7 Å². The fourth-order valence-corrected chi connectivity index (χ4v) is 3.93. The number of hydrogen-bond donors (Lipinski definition) is 0. The molecule has 2 heterocycles. The summed E-state index contributed by atoms with van der Waals surface area (Å²) >= 11 is 1.53. The maximum Gasteiger partial charge on any atom is 0.231 e. The second-order valence-corrected chi connectivity index (χ2v) is 7.02. The van der Waals surface area contributed by atoms with Gasteiger partial charge in [-0.3, -0.25) is 0 Å². The van der Waals surface area contributed by atoms with Crippen LogP contribution in [0.4, 0.5) is 0 Å². The van der Waals surface area contributed by atoms with Crippen LogP contribution in [0, 0.1) is 0 Å². The number of carboxylic acid groups (broad SMARTS) is 1. The highest BCUT2D eigenvalue weighted by Crippen LogP contribution is 2.43. The molecule has 3 aromatic rings. The SMILES string of the molecule is COc1cc(/C=C(\CCC(=O)[O-])c2nc3ccccc3s2)cc2c1OCO2. The number of carboxylic acids is 1. The minimum absolute atomic E-state index is 0.0799. The molecule has 7 heteroatoms. The first-order valence-corrected chi connectivity index (χ1v) is 9.19. The molecule has 0 saturated carbocycles. The van der Waals surface area contributed by atoms with Crippen LogP contribution in [0.1, 0.15) is 23.4 Å². The molecular weight excluding hydrogens is 366 g/mol. The number of methoxy groups -OCH3 is 1. The minimum Gasteiger partial charge on any atom is -0.550 e. The van der Waals surface area contributed by atoms with E-state index in [9.17, 15) is 9.90 Å². The number of fused-ring (bicyclic) bond motifs is 2. The third kappa shape index (κ3) is 3.59. The molecule has 6 nitrogen and oxygen atoms in total. The van der Waals surface area contributed by atoms with Crippen molar-refractivity contribution in [2.75, 3.05) is 13.9 Å². The van der Waals surface area contributed by atoms with Crippen molar-refractivity contribution < 1.29 is 24.1 Å². The van der Waals surface area contributed by atoms with Gasteiger partial charge in [0.25, 0.3) is 0 Å². The summed E-state index contributed by atoms with van der Waals surface area (Å²) in [5, 5.41) is 11.8. The molecule has 0 saturated heterocycles. The van der Waals surface area contributed by atoms with Gasteiger partial charge in [-0.2, -0.15) is 0 Å². The predicted molar refractivity (Wildman–Crippen MR) is 101 cm³/mol. The van der Waals surface area contributed by atoms with Crippen LogP contribution >= 0.6 is 11.3 Å². The maximum absolute atomic E-state index is 11.0. The number of benzene rings is 2. The smallest absolute Gasteiger partial charge is 0.231 e. The lowest BCUT2D eigenvalue weighted by atomic mass is 10.1. The van der Waals surface area contributed by atoms with Gasteiger partial charge in [-0.1, -0.05) is 12.1 Å². The predicted octanol–water partition coefficient (Wildman–Crippen LogP) is 3.10. The van der Waals surface area contributed by atoms with E-state index in [2.05, 4.69) is 4.98 Å². The maximum atomic E-state index is 11.0. The number of aliphatic carboxylic acids is 1. The van der Waals surface area contributed by atoms with Crippen LogP contribution in [0.3, 0.4) is 0 Å². The normalized spacial score (nSPS) is 13.1. The molecule has 0 unspecified atom stereocenters. The molecule has 0 atom stereocenters. The van der Waals surface area contributed by atoms with Crippen LogP contribution in [-0.2, 0) is 4.79 Å². The molecule has 2 aromatic carbocycles. The van der Waals surface area contributed by atoms with Gasteiger partial charge in [0.1, 0.15) is 5.01 Å². The molecule has 0 radical (unpaired) electrons. The van der Waals surface area contributed by atoms with Crippen molar-refractivity contribution in [3.05, 3.63) is 47.0 Å². The molecule has 0 bridgehead atoms. The fraction of sp³-hybridized carbons (Fsp3) is 0.200. The van der Waals surface area contributed by atoms with E-state index in [0.717, 1.165) is 26.4 Å². The van der Waals surface area contributed by atoms with Gasteiger partial charge in [-0.25, -0.2) is 4.98 Å². The first-order valence-electron chi connectivity index (χ1n) is 8.38. The molecule has 0 fully saturated rings. The highest BCUT2D eigenvalue weighted by Gasteiger charge is 2.20. The third-order valence-corrected chi connectivity index (χ3v) is 5.30. The van der Waals surface area contributed by atoms with E-state index in [0.29, 0.717) is 23.7 Å². The zero-order valence-electron chi connectivity index (χ0n) is 14.6. The van der Waals surface area contributed by atoms with E-state index >= 15 is 0 Å². The zero-order chi connectivity index (χ0) is 18.8. The van der Waals surface area contributed by atoms with Crippen LogP contribution in [0.5, 0.6) is 17.2 Å². The van der Waals surface area contributed by atoms with E-state index in [1.807, 2.05) is 42.5 Å². The molecule has 138 valence electrons. The highest BCUT2D eigenvalue weighted by atomic mass is 32.1. The molecule has 27 heavy (non-hydrogen) atoms. The molecule has 1 aliphatic rings. The second-order valence-electron chi connectivity index (χ2n) is 5.99. The van der Waals surface area contributed by atoms with Gasteiger partial charge in [0.2, 0.25) is 12.5 Å². The largest absolute Gasteiger partial charge is 0.550 e. The molecular formula is C20H16NO5S-. The van der Waals surface area contributed by atoms with Crippen molar-refractivity contribution >= 4 is 39.2 Å². The summed E-state index contributed by atoms with van der Waals surface area (Å²) < 4.78 is 17.3. The first-order chi connectivity index (χ1) is 13.1. The Bertz CT molecular complexity index is 1010. The fourth-order valence-electron chi connectivity index (χ4n) is 2.92. The summed E-state index contributed by atoms with van der Waals surface area (Å²) in [4.78, 5) is 15.7. The Morgan fingerprint density at radius 1 is 1.30 bits per heavy atom. The van der Waals surface area contributed by atoms with E-state index < -0.39 is 5.97 Å². The summed E-state index contributed by atoms with van der Waals surface area (Å²) in [7, 11) is 1.56. The lowest BCUT2D eigenvalue weighted by Gasteiger charge is -2.09. The number of hydrogen-bond acceptors (Lipinski definition) is 7. The molecule has 1 aromatic heterocycles. The molecule has 4 rings (SSSR count). The van der Waals surface area contributed by atoms with Crippen molar-refractivity contribution in [2.24, 2.45) is 0 Å². The van der Waals surface area contributed by atoms with Gasteiger partial charge in [0, 0.05) is 5.97 Å². The van der Waals surface area contributed by atoms with Crippen LogP contribution in [-0.4, -0.2) is 24.9 Å². The van der Waals surface area contributed by atoms with Gasteiger partial charge in [0.15, 0.2) is 11.5 Å². The minimum atomic E-state index is -1.09. The van der Waals surface area contributed by atoms with Crippen molar-refractivity contribution in [1.82, 2.24) is 4.98 Å². The van der Waals surface area contributed by atoms with E-state index in [4.69, 9.17) is 14.2 Å².